The smallest absolute Gasteiger partial charge is 0.348 e. The van der Waals surface area contributed by atoms with Gasteiger partial charge in [0.2, 0.25) is 11.6 Å². The molecule has 0 bridgehead atoms. The molecular formula is C16H20N6O2. The number of rotatable bonds is 4. The van der Waals surface area contributed by atoms with Gasteiger partial charge in [-0.15, -0.1) is 0 Å². The topological polar surface area (TPSA) is 97.1 Å². The maximum absolute atomic E-state index is 11.7. The van der Waals surface area contributed by atoms with Gasteiger partial charge in [0.15, 0.2) is 0 Å². The average Bonchev–Trinajstić information content (AvgIpc) is 2.55. The zero-order chi connectivity index (χ0) is 17.1. The Bertz CT molecular complexity index is 751. The van der Waals surface area contributed by atoms with Crippen LogP contribution < -0.4 is 10.2 Å². The molecule has 0 amide bonds. The second-order valence-electron chi connectivity index (χ2n) is 6.03. The highest BCUT2D eigenvalue weighted by atomic mass is 16.6. The number of pyridine rings is 1. The van der Waals surface area contributed by atoms with Crippen molar-refractivity contribution < 1.29 is 4.92 Å². The van der Waals surface area contributed by atoms with Crippen LogP contribution >= 0.6 is 0 Å². The Morgan fingerprint density at radius 1 is 1.33 bits per heavy atom. The average molecular weight is 328 g/mol. The quantitative estimate of drug-likeness (QED) is 0.679. The first-order valence-corrected chi connectivity index (χ1v) is 8.02. The summed E-state index contributed by atoms with van der Waals surface area (Å²) in [5.41, 5.74) is 0.906. The van der Waals surface area contributed by atoms with Gasteiger partial charge in [-0.1, -0.05) is 0 Å². The zero-order valence-electron chi connectivity index (χ0n) is 13.8. The van der Waals surface area contributed by atoms with Gasteiger partial charge in [0.1, 0.15) is 12.1 Å². The number of nitrogens with one attached hydrogen (secondary N) is 1. The summed E-state index contributed by atoms with van der Waals surface area (Å²) < 4.78 is 0. The van der Waals surface area contributed by atoms with Crippen molar-refractivity contribution in [2.45, 2.75) is 39.2 Å². The Morgan fingerprint density at radius 2 is 2.17 bits per heavy atom. The second kappa shape index (κ2) is 6.77. The van der Waals surface area contributed by atoms with E-state index in [1.54, 1.807) is 6.20 Å². The molecule has 0 aliphatic carbocycles. The van der Waals surface area contributed by atoms with E-state index in [1.807, 2.05) is 24.0 Å². The summed E-state index contributed by atoms with van der Waals surface area (Å²) in [6.07, 6.45) is 6.16. The largest absolute Gasteiger partial charge is 0.353 e. The predicted molar refractivity (Wildman–Crippen MR) is 91.6 cm³/mol. The van der Waals surface area contributed by atoms with E-state index in [1.165, 1.54) is 6.33 Å². The zero-order valence-corrected chi connectivity index (χ0v) is 13.8. The van der Waals surface area contributed by atoms with Crippen molar-refractivity contribution >= 4 is 23.1 Å². The molecule has 126 valence electrons. The molecule has 3 heterocycles. The number of anilines is 3. The molecule has 0 aromatic carbocycles. The Labute approximate surface area is 140 Å². The van der Waals surface area contributed by atoms with Crippen LogP contribution in [0.5, 0.6) is 0 Å². The normalized spacial score (nSPS) is 17.6. The third-order valence-electron chi connectivity index (χ3n) is 4.22. The van der Waals surface area contributed by atoms with Crippen LogP contribution in [0.4, 0.5) is 23.1 Å². The number of nitro groups is 1. The molecule has 1 N–H and O–H groups in total. The first-order chi connectivity index (χ1) is 11.6. The minimum atomic E-state index is -0.422. The Hall–Kier alpha value is -2.77. The number of nitrogens with zero attached hydrogens (tertiary/aromatic N) is 5. The van der Waals surface area contributed by atoms with Crippen LogP contribution in [0.15, 0.2) is 24.7 Å². The molecule has 8 heteroatoms. The van der Waals surface area contributed by atoms with Crippen LogP contribution in [0.3, 0.4) is 0 Å². The fourth-order valence-electron chi connectivity index (χ4n) is 2.98. The molecule has 1 atom stereocenters. The van der Waals surface area contributed by atoms with E-state index in [2.05, 4.69) is 27.2 Å². The maximum Gasteiger partial charge on any atom is 0.353 e. The number of aryl methyl sites for hydroxylation is 1. The van der Waals surface area contributed by atoms with Gasteiger partial charge in [-0.2, -0.15) is 0 Å². The fraction of sp³-hybridized carbons (Fsp3) is 0.438. The van der Waals surface area contributed by atoms with E-state index in [0.717, 1.165) is 31.4 Å². The lowest BCUT2D eigenvalue weighted by Gasteiger charge is -2.33. The van der Waals surface area contributed by atoms with Crippen LogP contribution in [0.1, 0.15) is 31.7 Å². The van der Waals surface area contributed by atoms with E-state index >= 15 is 0 Å². The maximum atomic E-state index is 11.7. The monoisotopic (exact) mass is 328 g/mol. The summed E-state index contributed by atoms with van der Waals surface area (Å²) in [6, 6.07) is 3.90. The van der Waals surface area contributed by atoms with Crippen LogP contribution in [0, 0.1) is 17.0 Å². The van der Waals surface area contributed by atoms with Gasteiger partial charge < -0.3 is 10.2 Å². The van der Waals surface area contributed by atoms with Crippen molar-refractivity contribution in [1.29, 1.82) is 0 Å². The minimum absolute atomic E-state index is 0.102. The van der Waals surface area contributed by atoms with E-state index in [-0.39, 0.29) is 17.5 Å². The summed E-state index contributed by atoms with van der Waals surface area (Å²) >= 11 is 0. The van der Waals surface area contributed by atoms with E-state index in [9.17, 15) is 10.1 Å². The molecule has 8 nitrogen and oxygen atoms in total. The molecule has 2 aromatic rings. The lowest BCUT2D eigenvalue weighted by molar-refractivity contribution is -0.383. The molecular weight excluding hydrogens is 308 g/mol. The van der Waals surface area contributed by atoms with Gasteiger partial charge in [0.25, 0.3) is 0 Å². The first-order valence-electron chi connectivity index (χ1n) is 8.02. The number of piperidine rings is 1. The highest BCUT2D eigenvalue weighted by Gasteiger charge is 2.30. The summed E-state index contributed by atoms with van der Waals surface area (Å²) in [4.78, 5) is 25.7. The Kier molecular flexibility index (Phi) is 4.54. The van der Waals surface area contributed by atoms with E-state index < -0.39 is 4.92 Å². The lowest BCUT2D eigenvalue weighted by Crippen LogP contribution is -2.38. The summed E-state index contributed by atoms with van der Waals surface area (Å²) in [5.74, 6) is 1.06. The minimum Gasteiger partial charge on any atom is -0.348 e. The van der Waals surface area contributed by atoms with Gasteiger partial charge in [0, 0.05) is 18.8 Å². The molecule has 3 rings (SSSR count). The highest BCUT2D eigenvalue weighted by molar-refractivity contribution is 5.73. The Balaban J connectivity index is 2.00. The SMILES string of the molecule is Cc1ccnc(Nc2ncnc(N3CCCCC3C)c2[N+](=O)[O-])c1. The standard InChI is InChI=1S/C16H20N6O2/c1-11-6-7-17-13(9-11)20-15-14(22(23)24)16(19-10-18-15)21-8-4-3-5-12(21)2/h6-7,9-10,12H,3-5,8H2,1-2H3,(H,17,18,19,20). The molecule has 0 radical (unpaired) electrons. The highest BCUT2D eigenvalue weighted by Crippen LogP contribution is 2.36. The summed E-state index contributed by atoms with van der Waals surface area (Å²) in [5, 5.41) is 14.6. The molecule has 1 unspecified atom stereocenters. The van der Waals surface area contributed by atoms with Crippen molar-refractivity contribution in [3.8, 4) is 0 Å². The third-order valence-corrected chi connectivity index (χ3v) is 4.22. The number of hydrogen-bond donors (Lipinski definition) is 1. The van der Waals surface area contributed by atoms with Crippen LogP contribution in [0.2, 0.25) is 0 Å². The van der Waals surface area contributed by atoms with Gasteiger partial charge in [-0.25, -0.2) is 15.0 Å². The third kappa shape index (κ3) is 3.27. The Morgan fingerprint density at radius 3 is 2.88 bits per heavy atom. The van der Waals surface area contributed by atoms with Crippen molar-refractivity contribution in [1.82, 2.24) is 15.0 Å². The molecule has 1 aliphatic heterocycles. The predicted octanol–water partition coefficient (Wildman–Crippen LogP) is 3.21. The molecule has 2 aromatic heterocycles. The lowest BCUT2D eigenvalue weighted by atomic mass is 10.0. The van der Waals surface area contributed by atoms with Crippen LogP contribution in [0.25, 0.3) is 0 Å². The van der Waals surface area contributed by atoms with Gasteiger partial charge >= 0.3 is 5.69 Å². The molecule has 1 aliphatic rings. The van der Waals surface area contributed by atoms with Crippen LogP contribution in [-0.4, -0.2) is 32.5 Å². The molecule has 0 saturated carbocycles. The van der Waals surface area contributed by atoms with Crippen molar-refractivity contribution in [3.05, 3.63) is 40.3 Å². The van der Waals surface area contributed by atoms with Crippen molar-refractivity contribution in [3.63, 3.8) is 0 Å². The first kappa shape index (κ1) is 16.1. The van der Waals surface area contributed by atoms with Crippen molar-refractivity contribution in [2.75, 3.05) is 16.8 Å². The van der Waals surface area contributed by atoms with E-state index in [0.29, 0.717) is 11.6 Å². The fourth-order valence-corrected chi connectivity index (χ4v) is 2.98. The van der Waals surface area contributed by atoms with Gasteiger partial charge in [-0.3, -0.25) is 10.1 Å². The number of hydrogen-bond acceptors (Lipinski definition) is 7. The molecule has 1 saturated heterocycles. The van der Waals surface area contributed by atoms with E-state index in [4.69, 9.17) is 0 Å². The number of aromatic nitrogens is 3. The second-order valence-corrected chi connectivity index (χ2v) is 6.03. The molecule has 24 heavy (non-hydrogen) atoms. The summed E-state index contributed by atoms with van der Waals surface area (Å²) in [6.45, 7) is 4.77. The van der Waals surface area contributed by atoms with Gasteiger partial charge in [-0.05, 0) is 50.8 Å². The van der Waals surface area contributed by atoms with Crippen LogP contribution in [-0.2, 0) is 0 Å². The van der Waals surface area contributed by atoms with Crippen molar-refractivity contribution in [2.24, 2.45) is 0 Å². The molecule has 1 fully saturated rings. The molecule has 0 spiro atoms. The van der Waals surface area contributed by atoms with Gasteiger partial charge in [0.05, 0.1) is 4.92 Å². The summed E-state index contributed by atoms with van der Waals surface area (Å²) in [7, 11) is 0.